The Balaban J connectivity index is 1.33. The number of aliphatic hydroxyl groups excluding tert-OH is 2. The van der Waals surface area contributed by atoms with E-state index >= 15 is 0 Å². The van der Waals surface area contributed by atoms with Crippen molar-refractivity contribution in [2.75, 3.05) is 12.3 Å². The van der Waals surface area contributed by atoms with Crippen LogP contribution in [0.5, 0.6) is 0 Å². The minimum atomic E-state index is -1.26. The Kier molecular flexibility index (Phi) is 5.93. The molecular formula is C24H24N6O4. The number of anilines is 1. The van der Waals surface area contributed by atoms with E-state index in [1.165, 1.54) is 17.2 Å². The van der Waals surface area contributed by atoms with Gasteiger partial charge in [-0.3, -0.25) is 9.36 Å². The molecule has 1 aliphatic rings. The molecule has 1 fully saturated rings. The SMILES string of the molecule is Nc1ncnc2c1ncn2[C@@H]1O[C@H](CNC(=O)C(c2ccccc2)c2ccccc2)[C@@H](O)[C@H]1O. The Morgan fingerprint density at radius 1 is 1.00 bits per heavy atom. The maximum Gasteiger partial charge on any atom is 0.232 e. The molecule has 1 amide bonds. The number of aliphatic hydroxyl groups is 2. The summed E-state index contributed by atoms with van der Waals surface area (Å²) < 4.78 is 7.43. The lowest BCUT2D eigenvalue weighted by Gasteiger charge is -2.20. The van der Waals surface area contributed by atoms with Crippen molar-refractivity contribution in [3.63, 3.8) is 0 Å². The second kappa shape index (κ2) is 9.18. The predicted octanol–water partition coefficient (Wildman–Crippen LogP) is 0.976. The molecule has 4 atom stereocenters. The summed E-state index contributed by atoms with van der Waals surface area (Å²) in [5.74, 6) is -0.563. The number of fused-ring (bicyclic) bond motifs is 1. The zero-order valence-electron chi connectivity index (χ0n) is 18.1. The number of aromatic nitrogens is 4. The number of carbonyl (C=O) groups excluding carboxylic acids is 1. The third-order valence-electron chi connectivity index (χ3n) is 6.00. The summed E-state index contributed by atoms with van der Waals surface area (Å²) in [5, 5.41) is 24.1. The van der Waals surface area contributed by atoms with Gasteiger partial charge >= 0.3 is 0 Å². The molecule has 10 nitrogen and oxygen atoms in total. The fourth-order valence-electron chi connectivity index (χ4n) is 4.27. The van der Waals surface area contributed by atoms with Crippen molar-refractivity contribution in [3.8, 4) is 0 Å². The van der Waals surface area contributed by atoms with Crippen LogP contribution in [0.25, 0.3) is 11.2 Å². The van der Waals surface area contributed by atoms with Crippen molar-refractivity contribution in [3.05, 3.63) is 84.4 Å². The summed E-state index contributed by atoms with van der Waals surface area (Å²) in [5.41, 5.74) is 8.28. The van der Waals surface area contributed by atoms with Gasteiger partial charge in [-0.05, 0) is 11.1 Å². The van der Waals surface area contributed by atoms with Crippen LogP contribution in [0.2, 0.25) is 0 Å². The maximum atomic E-state index is 13.3. The molecule has 5 N–H and O–H groups in total. The number of nitrogens with two attached hydrogens (primary N) is 1. The van der Waals surface area contributed by atoms with Gasteiger partial charge < -0.3 is 26.0 Å². The number of carbonyl (C=O) groups is 1. The van der Waals surface area contributed by atoms with Crippen molar-refractivity contribution in [2.24, 2.45) is 0 Å². The van der Waals surface area contributed by atoms with Crippen LogP contribution in [0.4, 0.5) is 5.82 Å². The maximum absolute atomic E-state index is 13.3. The molecule has 2 aromatic carbocycles. The normalized spacial score (nSPS) is 22.3. The molecule has 3 heterocycles. The Morgan fingerprint density at radius 2 is 1.65 bits per heavy atom. The van der Waals surface area contributed by atoms with E-state index in [1.54, 1.807) is 0 Å². The van der Waals surface area contributed by atoms with E-state index in [0.717, 1.165) is 11.1 Å². The van der Waals surface area contributed by atoms with E-state index < -0.39 is 30.5 Å². The Hall–Kier alpha value is -3.86. The quantitative estimate of drug-likeness (QED) is 0.333. The van der Waals surface area contributed by atoms with E-state index in [-0.39, 0.29) is 18.3 Å². The van der Waals surface area contributed by atoms with Gasteiger partial charge in [-0.25, -0.2) is 15.0 Å². The molecule has 34 heavy (non-hydrogen) atoms. The monoisotopic (exact) mass is 460 g/mol. The first-order valence-electron chi connectivity index (χ1n) is 10.9. The number of nitrogen functional groups attached to an aromatic ring is 1. The summed E-state index contributed by atoms with van der Waals surface area (Å²) >= 11 is 0. The zero-order chi connectivity index (χ0) is 23.7. The van der Waals surface area contributed by atoms with Gasteiger partial charge in [0.05, 0.1) is 12.2 Å². The van der Waals surface area contributed by atoms with Crippen molar-refractivity contribution >= 4 is 22.9 Å². The summed E-state index contributed by atoms with van der Waals surface area (Å²) in [6, 6.07) is 18.9. The first-order chi connectivity index (χ1) is 16.5. The third kappa shape index (κ3) is 3.98. The molecule has 0 unspecified atom stereocenters. The van der Waals surface area contributed by atoms with Gasteiger partial charge in [0.15, 0.2) is 17.7 Å². The van der Waals surface area contributed by atoms with Gasteiger partial charge in [-0.2, -0.15) is 0 Å². The third-order valence-corrected chi connectivity index (χ3v) is 6.00. The summed E-state index contributed by atoms with van der Waals surface area (Å²) in [6.07, 6.45) is -1.55. The van der Waals surface area contributed by atoms with Crippen LogP contribution in [0, 0.1) is 0 Å². The van der Waals surface area contributed by atoms with Crippen molar-refractivity contribution < 1.29 is 19.7 Å². The molecule has 1 saturated heterocycles. The highest BCUT2D eigenvalue weighted by Crippen LogP contribution is 2.32. The number of benzene rings is 2. The number of hydrogen-bond acceptors (Lipinski definition) is 8. The molecule has 0 aliphatic carbocycles. The summed E-state index contributed by atoms with van der Waals surface area (Å²) in [4.78, 5) is 25.5. The summed E-state index contributed by atoms with van der Waals surface area (Å²) in [6.45, 7) is 0.00742. The fourth-order valence-corrected chi connectivity index (χ4v) is 4.27. The van der Waals surface area contributed by atoms with E-state index in [2.05, 4.69) is 20.3 Å². The van der Waals surface area contributed by atoms with E-state index in [1.807, 2.05) is 60.7 Å². The molecule has 10 heteroatoms. The van der Waals surface area contributed by atoms with Crippen LogP contribution in [-0.2, 0) is 9.53 Å². The molecule has 4 aromatic rings. The molecule has 0 spiro atoms. The number of hydrogen-bond donors (Lipinski definition) is 4. The minimum absolute atomic E-state index is 0.00742. The van der Waals surface area contributed by atoms with Crippen LogP contribution in [0.3, 0.4) is 0 Å². The van der Waals surface area contributed by atoms with Crippen LogP contribution in [0.1, 0.15) is 23.3 Å². The lowest BCUT2D eigenvalue weighted by atomic mass is 9.90. The van der Waals surface area contributed by atoms with Gasteiger partial charge in [-0.1, -0.05) is 60.7 Å². The van der Waals surface area contributed by atoms with Crippen LogP contribution < -0.4 is 11.1 Å². The fraction of sp³-hybridized carbons (Fsp3) is 0.250. The van der Waals surface area contributed by atoms with E-state index in [9.17, 15) is 15.0 Å². The van der Waals surface area contributed by atoms with Crippen LogP contribution >= 0.6 is 0 Å². The number of rotatable bonds is 6. The number of amides is 1. The molecule has 174 valence electrons. The van der Waals surface area contributed by atoms with Gasteiger partial charge in [0.1, 0.15) is 30.2 Å². The second-order valence-corrected chi connectivity index (χ2v) is 8.13. The molecule has 0 radical (unpaired) electrons. The largest absolute Gasteiger partial charge is 0.387 e. The van der Waals surface area contributed by atoms with Crippen molar-refractivity contribution in [2.45, 2.75) is 30.5 Å². The van der Waals surface area contributed by atoms with Crippen LogP contribution in [0.15, 0.2) is 73.3 Å². The average molecular weight is 460 g/mol. The van der Waals surface area contributed by atoms with Crippen LogP contribution in [-0.4, -0.2) is 60.5 Å². The Bertz CT molecular complexity index is 1240. The van der Waals surface area contributed by atoms with Gasteiger partial charge in [-0.15, -0.1) is 0 Å². The van der Waals surface area contributed by atoms with Crippen molar-refractivity contribution in [1.29, 1.82) is 0 Å². The Morgan fingerprint density at radius 3 is 2.29 bits per heavy atom. The molecule has 5 rings (SSSR count). The van der Waals surface area contributed by atoms with E-state index in [4.69, 9.17) is 10.5 Å². The molecule has 0 bridgehead atoms. The molecule has 1 aliphatic heterocycles. The molecular weight excluding hydrogens is 436 g/mol. The minimum Gasteiger partial charge on any atom is -0.387 e. The highest BCUT2D eigenvalue weighted by Gasteiger charge is 2.44. The lowest BCUT2D eigenvalue weighted by molar-refractivity contribution is -0.122. The first kappa shape index (κ1) is 22.0. The topological polar surface area (TPSA) is 148 Å². The standard InChI is InChI=1S/C24H24N6O4/c25-21-18-22(28-12-27-21)30(13-29-18)24-20(32)19(31)16(34-24)11-26-23(33)17(14-7-3-1-4-8-14)15-9-5-2-6-10-15/h1-10,12-13,16-17,19-20,24,31-32H,11H2,(H,26,33)(H2,25,27,28)/t16-,19-,20-,24-/m1/s1. The van der Waals surface area contributed by atoms with Gasteiger partial charge in [0, 0.05) is 6.54 Å². The lowest BCUT2D eigenvalue weighted by Crippen LogP contribution is -2.41. The number of ether oxygens (including phenoxy) is 1. The highest BCUT2D eigenvalue weighted by atomic mass is 16.6. The number of imidazole rings is 1. The van der Waals surface area contributed by atoms with Gasteiger partial charge in [0.2, 0.25) is 5.91 Å². The number of nitrogens with one attached hydrogen (secondary N) is 1. The average Bonchev–Trinajstić information content (AvgIpc) is 3.41. The first-order valence-corrected chi connectivity index (χ1v) is 10.9. The van der Waals surface area contributed by atoms with E-state index in [0.29, 0.717) is 11.2 Å². The van der Waals surface area contributed by atoms with Crippen molar-refractivity contribution in [1.82, 2.24) is 24.8 Å². The smallest absolute Gasteiger partial charge is 0.232 e. The second-order valence-electron chi connectivity index (χ2n) is 8.13. The Labute approximate surface area is 195 Å². The molecule has 0 saturated carbocycles. The zero-order valence-corrected chi connectivity index (χ0v) is 18.1. The highest BCUT2D eigenvalue weighted by molar-refractivity contribution is 5.87. The van der Waals surface area contributed by atoms with Gasteiger partial charge in [0.25, 0.3) is 0 Å². The predicted molar refractivity (Wildman–Crippen MR) is 123 cm³/mol. The summed E-state index contributed by atoms with van der Waals surface area (Å²) in [7, 11) is 0. The molecule has 2 aromatic heterocycles. The number of nitrogens with zero attached hydrogens (tertiary/aromatic N) is 4.